The van der Waals surface area contributed by atoms with Crippen molar-refractivity contribution in [2.24, 2.45) is 0 Å². The summed E-state index contributed by atoms with van der Waals surface area (Å²) in [5, 5.41) is 2.72. The quantitative estimate of drug-likeness (QED) is 0.770. The Hall–Kier alpha value is -3.15. The number of pyridine rings is 1. The second-order valence-electron chi connectivity index (χ2n) is 6.60. The van der Waals surface area contributed by atoms with Crippen molar-refractivity contribution in [1.82, 2.24) is 14.3 Å². The molecule has 1 N–H and O–H groups in total. The topological polar surface area (TPSA) is 66.7 Å². The Morgan fingerprint density at radius 3 is 2.65 bits per heavy atom. The molecule has 0 unspecified atom stereocenters. The Morgan fingerprint density at radius 2 is 1.96 bits per heavy atom. The molecular weight excluding hydrogens is 328 g/mol. The number of hydrogen-bond donors (Lipinski definition) is 1. The normalized spacial score (nSPS) is 13.6. The molecule has 0 radical (unpaired) electrons. The summed E-state index contributed by atoms with van der Waals surface area (Å²) >= 11 is 0. The highest BCUT2D eigenvalue weighted by Crippen LogP contribution is 2.30. The molecule has 132 valence electrons. The van der Waals surface area contributed by atoms with Crippen LogP contribution in [0.2, 0.25) is 0 Å². The Morgan fingerprint density at radius 1 is 1.19 bits per heavy atom. The van der Waals surface area contributed by atoms with E-state index < -0.39 is 0 Å². The zero-order valence-electron chi connectivity index (χ0n) is 14.6. The number of anilines is 1. The van der Waals surface area contributed by atoms with Crippen molar-refractivity contribution in [2.75, 3.05) is 5.32 Å². The molecule has 6 heteroatoms. The highest BCUT2D eigenvalue weighted by Gasteiger charge is 2.33. The smallest absolute Gasteiger partial charge is 0.254 e. The Bertz CT molecular complexity index is 957. The van der Waals surface area contributed by atoms with Crippen LogP contribution in [0.1, 0.15) is 35.8 Å². The molecule has 0 spiro atoms. The molecule has 0 atom stereocenters. The van der Waals surface area contributed by atoms with Crippen molar-refractivity contribution in [3.63, 3.8) is 0 Å². The van der Waals surface area contributed by atoms with Crippen molar-refractivity contribution in [3.05, 3.63) is 66.1 Å². The van der Waals surface area contributed by atoms with Crippen LogP contribution in [0, 0.1) is 0 Å². The summed E-state index contributed by atoms with van der Waals surface area (Å²) in [4.78, 5) is 30.5. The maximum Gasteiger partial charge on any atom is 0.254 e. The van der Waals surface area contributed by atoms with Gasteiger partial charge in [-0.25, -0.2) is 4.98 Å². The molecule has 0 saturated heterocycles. The maximum atomic E-state index is 13.0. The van der Waals surface area contributed by atoms with Gasteiger partial charge in [0.2, 0.25) is 5.91 Å². The van der Waals surface area contributed by atoms with E-state index in [0.29, 0.717) is 17.8 Å². The fraction of sp³-hybridized carbons (Fsp3) is 0.250. The molecule has 4 rings (SSSR count). The van der Waals surface area contributed by atoms with Gasteiger partial charge in [0.15, 0.2) is 0 Å². The van der Waals surface area contributed by atoms with Crippen LogP contribution in [0.5, 0.6) is 0 Å². The van der Waals surface area contributed by atoms with E-state index in [9.17, 15) is 9.59 Å². The summed E-state index contributed by atoms with van der Waals surface area (Å²) in [7, 11) is 0. The third kappa shape index (κ3) is 3.31. The summed E-state index contributed by atoms with van der Waals surface area (Å²) in [5.74, 6) is -0.121. The molecule has 2 amide bonds. The van der Waals surface area contributed by atoms with Gasteiger partial charge >= 0.3 is 0 Å². The second kappa shape index (κ2) is 6.63. The molecule has 1 fully saturated rings. The predicted octanol–water partition coefficient (Wildman–Crippen LogP) is 3.10. The molecule has 6 nitrogen and oxygen atoms in total. The minimum absolute atomic E-state index is 0.00718. The van der Waals surface area contributed by atoms with Gasteiger partial charge in [-0.1, -0.05) is 6.07 Å². The van der Waals surface area contributed by atoms with Crippen molar-refractivity contribution in [1.29, 1.82) is 0 Å². The van der Waals surface area contributed by atoms with Crippen molar-refractivity contribution in [3.8, 4) is 0 Å². The van der Waals surface area contributed by atoms with Gasteiger partial charge in [-0.15, -0.1) is 0 Å². The molecule has 26 heavy (non-hydrogen) atoms. The largest absolute Gasteiger partial charge is 0.330 e. The number of aromatic nitrogens is 2. The van der Waals surface area contributed by atoms with E-state index in [1.807, 2.05) is 39.9 Å². The van der Waals surface area contributed by atoms with Crippen molar-refractivity contribution < 1.29 is 9.59 Å². The van der Waals surface area contributed by atoms with E-state index in [2.05, 4.69) is 10.3 Å². The van der Waals surface area contributed by atoms with Crippen LogP contribution >= 0.6 is 0 Å². The second-order valence-corrected chi connectivity index (χ2v) is 6.60. The maximum absolute atomic E-state index is 13.0. The van der Waals surface area contributed by atoms with Crippen LogP contribution in [-0.2, 0) is 11.3 Å². The van der Waals surface area contributed by atoms with E-state index in [1.165, 1.54) is 6.92 Å². The molecular formula is C20H20N4O2. The van der Waals surface area contributed by atoms with Gasteiger partial charge < -0.3 is 14.6 Å². The SMILES string of the molecule is CC(=O)Nc1ccc(C(=O)N(Cc2cnc3ccccn23)C2CC2)cc1. The van der Waals surface area contributed by atoms with Crippen LogP contribution in [0.4, 0.5) is 5.69 Å². The molecule has 1 aliphatic rings. The summed E-state index contributed by atoms with van der Waals surface area (Å²) in [6.07, 6.45) is 5.87. The first-order valence-corrected chi connectivity index (χ1v) is 8.71. The molecule has 1 saturated carbocycles. The van der Waals surface area contributed by atoms with E-state index in [1.54, 1.807) is 24.3 Å². The first-order valence-electron chi connectivity index (χ1n) is 8.71. The first kappa shape index (κ1) is 16.3. The Balaban J connectivity index is 1.56. The van der Waals surface area contributed by atoms with Gasteiger partial charge in [0.1, 0.15) is 5.65 Å². The predicted molar refractivity (Wildman–Crippen MR) is 98.8 cm³/mol. The lowest BCUT2D eigenvalue weighted by Crippen LogP contribution is -2.33. The number of fused-ring (bicyclic) bond motifs is 1. The summed E-state index contributed by atoms with van der Waals surface area (Å²) in [6.45, 7) is 1.99. The number of imidazole rings is 1. The van der Waals surface area contributed by atoms with E-state index in [4.69, 9.17) is 0 Å². The lowest BCUT2D eigenvalue weighted by molar-refractivity contribution is -0.114. The minimum Gasteiger partial charge on any atom is -0.330 e. The Kier molecular flexibility index (Phi) is 4.16. The zero-order valence-corrected chi connectivity index (χ0v) is 14.6. The fourth-order valence-electron chi connectivity index (χ4n) is 3.09. The van der Waals surface area contributed by atoms with Gasteiger partial charge in [-0.2, -0.15) is 0 Å². The standard InChI is InChI=1S/C20H20N4O2/c1-14(25)22-16-7-5-15(6-8-16)20(26)24(17-9-10-17)13-18-12-21-19-4-2-3-11-23(18)19/h2-8,11-12,17H,9-10,13H2,1H3,(H,22,25). The van der Waals surface area contributed by atoms with Gasteiger partial charge in [0.25, 0.3) is 5.91 Å². The monoisotopic (exact) mass is 348 g/mol. The number of carbonyl (C=O) groups excluding carboxylic acids is 2. The van der Waals surface area contributed by atoms with Gasteiger partial charge in [-0.05, 0) is 49.2 Å². The number of amides is 2. The molecule has 0 aliphatic heterocycles. The third-order valence-corrected chi connectivity index (χ3v) is 4.53. The first-order chi connectivity index (χ1) is 12.6. The van der Waals surface area contributed by atoms with E-state index in [-0.39, 0.29) is 17.9 Å². The van der Waals surface area contributed by atoms with Crippen molar-refractivity contribution >= 4 is 23.1 Å². The van der Waals surface area contributed by atoms with Gasteiger partial charge in [-0.3, -0.25) is 9.59 Å². The molecule has 0 bridgehead atoms. The average Bonchev–Trinajstić information content (AvgIpc) is 3.40. The number of hydrogen-bond acceptors (Lipinski definition) is 3. The van der Waals surface area contributed by atoms with E-state index in [0.717, 1.165) is 24.2 Å². The number of carbonyl (C=O) groups is 2. The number of nitrogens with zero attached hydrogens (tertiary/aromatic N) is 3. The lowest BCUT2D eigenvalue weighted by atomic mass is 10.1. The summed E-state index contributed by atoms with van der Waals surface area (Å²) in [6, 6.07) is 13.2. The van der Waals surface area contributed by atoms with Crippen molar-refractivity contribution in [2.45, 2.75) is 32.4 Å². The fourth-order valence-corrected chi connectivity index (χ4v) is 3.09. The molecule has 3 aromatic rings. The lowest BCUT2D eigenvalue weighted by Gasteiger charge is -2.22. The Labute approximate surface area is 151 Å². The minimum atomic E-state index is -0.128. The molecule has 1 aromatic carbocycles. The zero-order chi connectivity index (χ0) is 18.1. The number of benzene rings is 1. The summed E-state index contributed by atoms with van der Waals surface area (Å²) < 4.78 is 2.02. The van der Waals surface area contributed by atoms with Crippen LogP contribution < -0.4 is 5.32 Å². The molecule has 2 heterocycles. The number of nitrogens with one attached hydrogen (secondary N) is 1. The third-order valence-electron chi connectivity index (χ3n) is 4.53. The average molecular weight is 348 g/mol. The highest BCUT2D eigenvalue weighted by molar-refractivity contribution is 5.95. The summed E-state index contributed by atoms with van der Waals surface area (Å²) in [5.41, 5.74) is 3.19. The van der Waals surface area contributed by atoms with Crippen LogP contribution in [0.3, 0.4) is 0 Å². The van der Waals surface area contributed by atoms with Gasteiger partial charge in [0.05, 0.1) is 18.4 Å². The molecule has 2 aromatic heterocycles. The van der Waals surface area contributed by atoms with Crippen LogP contribution in [0.25, 0.3) is 5.65 Å². The highest BCUT2D eigenvalue weighted by atomic mass is 16.2. The van der Waals surface area contributed by atoms with Gasteiger partial charge in [0, 0.05) is 30.4 Å². The van der Waals surface area contributed by atoms with E-state index >= 15 is 0 Å². The molecule has 1 aliphatic carbocycles. The number of rotatable bonds is 5. The van der Waals surface area contributed by atoms with Crippen LogP contribution in [-0.4, -0.2) is 32.1 Å². The van der Waals surface area contributed by atoms with Crippen LogP contribution in [0.15, 0.2) is 54.9 Å².